The average Bonchev–Trinajstić information content (AvgIpc) is 1.88. The van der Waals surface area contributed by atoms with E-state index in [0.717, 1.165) is 3.70 Å². The summed E-state index contributed by atoms with van der Waals surface area (Å²) in [5, 5.41) is 0. The van der Waals surface area contributed by atoms with Gasteiger partial charge in [-0.05, 0) is 28.7 Å². The van der Waals surface area contributed by atoms with Gasteiger partial charge in [-0.1, -0.05) is 0 Å². The van der Waals surface area contributed by atoms with Crippen molar-refractivity contribution in [3.63, 3.8) is 0 Å². The maximum atomic E-state index is 5.29. The van der Waals surface area contributed by atoms with Crippen LogP contribution in [0.3, 0.4) is 0 Å². The molecular formula is C5H6IN3. The van der Waals surface area contributed by atoms with E-state index in [1.165, 1.54) is 0 Å². The summed E-state index contributed by atoms with van der Waals surface area (Å²) in [7, 11) is 0. The maximum Gasteiger partial charge on any atom is 0.143 e. The zero-order chi connectivity index (χ0) is 6.69. The van der Waals surface area contributed by atoms with Crippen LogP contribution in [0.2, 0.25) is 0 Å². The zero-order valence-electron chi connectivity index (χ0n) is 4.71. The van der Waals surface area contributed by atoms with E-state index in [4.69, 9.17) is 5.73 Å². The molecule has 0 atom stereocenters. The lowest BCUT2D eigenvalue weighted by molar-refractivity contribution is 0.898. The molecule has 0 unspecified atom stereocenters. The van der Waals surface area contributed by atoms with Gasteiger partial charge < -0.3 is 5.73 Å². The lowest BCUT2D eigenvalue weighted by atomic mass is 10.6. The normalized spacial score (nSPS) is 9.56. The van der Waals surface area contributed by atoms with E-state index in [1.54, 1.807) is 6.20 Å². The topological polar surface area (TPSA) is 51.8 Å². The minimum atomic E-state index is 0.414. The average molecular weight is 235 g/mol. The summed E-state index contributed by atoms with van der Waals surface area (Å²) in [5.41, 5.74) is 5.29. The zero-order valence-corrected chi connectivity index (χ0v) is 6.87. The molecule has 0 fully saturated rings. The molecule has 0 radical (unpaired) electrons. The molecule has 0 saturated carbocycles. The second kappa shape index (κ2) is 3.07. The molecule has 0 amide bonds. The molecule has 0 aromatic carbocycles. The lowest BCUT2D eigenvalue weighted by Gasteiger charge is -1.92. The van der Waals surface area contributed by atoms with Crippen LogP contribution in [0, 0.1) is 3.70 Å². The second-order valence-electron chi connectivity index (χ2n) is 1.50. The minimum Gasteiger partial charge on any atom is -0.324 e. The van der Waals surface area contributed by atoms with E-state index in [2.05, 4.69) is 32.6 Å². The molecule has 0 aliphatic carbocycles. The molecule has 2 N–H and O–H groups in total. The highest BCUT2D eigenvalue weighted by molar-refractivity contribution is 14.1. The molecule has 0 spiro atoms. The summed E-state index contributed by atoms with van der Waals surface area (Å²) in [4.78, 5) is 7.96. The smallest absolute Gasteiger partial charge is 0.143 e. The van der Waals surface area contributed by atoms with Crippen LogP contribution in [0.15, 0.2) is 12.3 Å². The van der Waals surface area contributed by atoms with Crippen molar-refractivity contribution < 1.29 is 0 Å². The molecule has 1 heterocycles. The summed E-state index contributed by atoms with van der Waals surface area (Å²) in [6.07, 6.45) is 1.71. The highest BCUT2D eigenvalue weighted by Gasteiger charge is 1.90. The number of rotatable bonds is 1. The molecule has 9 heavy (non-hydrogen) atoms. The van der Waals surface area contributed by atoms with E-state index in [-0.39, 0.29) is 0 Å². The molecule has 4 heteroatoms. The molecule has 48 valence electrons. The third-order valence-corrected chi connectivity index (χ3v) is 1.45. The minimum absolute atomic E-state index is 0.414. The van der Waals surface area contributed by atoms with Gasteiger partial charge in [0.25, 0.3) is 0 Å². The van der Waals surface area contributed by atoms with Crippen molar-refractivity contribution in [2.75, 3.05) is 0 Å². The number of aromatic nitrogens is 2. The third kappa shape index (κ3) is 1.87. The van der Waals surface area contributed by atoms with E-state index >= 15 is 0 Å². The van der Waals surface area contributed by atoms with Gasteiger partial charge in [0.15, 0.2) is 0 Å². The van der Waals surface area contributed by atoms with E-state index < -0.39 is 0 Å². The molecule has 0 aliphatic rings. The Balaban J connectivity index is 2.94. The summed E-state index contributed by atoms with van der Waals surface area (Å²) in [6, 6.07) is 1.83. The first-order valence-corrected chi connectivity index (χ1v) is 3.58. The van der Waals surface area contributed by atoms with Gasteiger partial charge in [0.1, 0.15) is 9.53 Å². The summed E-state index contributed by atoms with van der Waals surface area (Å²) >= 11 is 2.12. The van der Waals surface area contributed by atoms with Gasteiger partial charge in [-0.3, -0.25) is 0 Å². The Kier molecular flexibility index (Phi) is 2.35. The van der Waals surface area contributed by atoms with Crippen LogP contribution in [-0.4, -0.2) is 9.97 Å². The fraction of sp³-hybridized carbons (Fsp3) is 0.200. The molecule has 0 saturated heterocycles. The van der Waals surface area contributed by atoms with Crippen molar-refractivity contribution in [3.05, 3.63) is 21.8 Å². The van der Waals surface area contributed by atoms with Crippen molar-refractivity contribution in [2.45, 2.75) is 6.54 Å². The highest BCUT2D eigenvalue weighted by Crippen LogP contribution is 1.97. The first kappa shape index (κ1) is 6.88. The summed E-state index contributed by atoms with van der Waals surface area (Å²) in [6.45, 7) is 0.414. The second-order valence-corrected chi connectivity index (χ2v) is 2.60. The van der Waals surface area contributed by atoms with Crippen LogP contribution in [0.5, 0.6) is 0 Å². The number of hydrogen-bond acceptors (Lipinski definition) is 3. The Morgan fingerprint density at radius 3 is 2.89 bits per heavy atom. The van der Waals surface area contributed by atoms with E-state index in [1.807, 2.05) is 6.07 Å². The summed E-state index contributed by atoms with van der Waals surface area (Å²) < 4.78 is 0.933. The molecule has 0 aliphatic heterocycles. The van der Waals surface area contributed by atoms with Gasteiger partial charge in [0.2, 0.25) is 0 Å². The number of halogens is 1. The van der Waals surface area contributed by atoms with Crippen LogP contribution < -0.4 is 5.73 Å². The molecular weight excluding hydrogens is 229 g/mol. The van der Waals surface area contributed by atoms with Crippen molar-refractivity contribution >= 4 is 22.6 Å². The first-order valence-electron chi connectivity index (χ1n) is 2.50. The molecule has 1 aromatic heterocycles. The molecule has 0 bridgehead atoms. The van der Waals surface area contributed by atoms with Crippen molar-refractivity contribution in [2.24, 2.45) is 5.73 Å². The van der Waals surface area contributed by atoms with Gasteiger partial charge in [0.05, 0.1) is 6.54 Å². The van der Waals surface area contributed by atoms with Crippen LogP contribution in [-0.2, 0) is 6.54 Å². The molecule has 3 nitrogen and oxygen atoms in total. The largest absolute Gasteiger partial charge is 0.324 e. The van der Waals surface area contributed by atoms with Crippen LogP contribution in [0.1, 0.15) is 5.82 Å². The standard InChI is InChI=1S/C5H6IN3/c6-4-1-2-8-5(3-7)9-4/h1-2H,3,7H2. The van der Waals surface area contributed by atoms with Gasteiger partial charge in [-0.25, -0.2) is 9.97 Å². The highest BCUT2D eigenvalue weighted by atomic mass is 127. The Hall–Kier alpha value is -0.230. The summed E-state index contributed by atoms with van der Waals surface area (Å²) in [5.74, 6) is 0.696. The lowest BCUT2D eigenvalue weighted by Crippen LogP contribution is -2.02. The van der Waals surface area contributed by atoms with E-state index in [0.29, 0.717) is 12.4 Å². The fourth-order valence-corrected chi connectivity index (χ4v) is 0.912. The predicted octanol–water partition coefficient (Wildman–Crippen LogP) is 0.540. The molecule has 1 aromatic rings. The van der Waals surface area contributed by atoms with Crippen LogP contribution in [0.25, 0.3) is 0 Å². The number of hydrogen-bond donors (Lipinski definition) is 1. The quantitative estimate of drug-likeness (QED) is 0.570. The van der Waals surface area contributed by atoms with Crippen LogP contribution >= 0.6 is 22.6 Å². The third-order valence-electron chi connectivity index (χ3n) is 0.854. The fourth-order valence-electron chi connectivity index (χ4n) is 0.473. The number of nitrogens with two attached hydrogens (primary N) is 1. The van der Waals surface area contributed by atoms with Crippen molar-refractivity contribution in [3.8, 4) is 0 Å². The van der Waals surface area contributed by atoms with Crippen molar-refractivity contribution in [1.29, 1.82) is 0 Å². The van der Waals surface area contributed by atoms with Gasteiger partial charge in [-0.15, -0.1) is 0 Å². The Labute approximate surface area is 66.8 Å². The SMILES string of the molecule is NCc1nccc(I)n1. The predicted molar refractivity (Wildman–Crippen MR) is 42.6 cm³/mol. The Morgan fingerprint density at radius 2 is 2.44 bits per heavy atom. The first-order chi connectivity index (χ1) is 4.33. The van der Waals surface area contributed by atoms with Crippen molar-refractivity contribution in [1.82, 2.24) is 9.97 Å². The van der Waals surface area contributed by atoms with E-state index in [9.17, 15) is 0 Å². The van der Waals surface area contributed by atoms with Gasteiger partial charge in [0, 0.05) is 6.20 Å². The van der Waals surface area contributed by atoms with Crippen LogP contribution in [0.4, 0.5) is 0 Å². The van der Waals surface area contributed by atoms with Gasteiger partial charge >= 0.3 is 0 Å². The van der Waals surface area contributed by atoms with Gasteiger partial charge in [-0.2, -0.15) is 0 Å². The Bertz CT molecular complexity index is 201. The molecule has 1 rings (SSSR count). The maximum absolute atomic E-state index is 5.29. The monoisotopic (exact) mass is 235 g/mol. The Morgan fingerprint density at radius 1 is 1.67 bits per heavy atom. The number of nitrogens with zero attached hydrogens (tertiary/aromatic N) is 2.